The largest absolute Gasteiger partial charge is 0.494 e. The zero-order valence-electron chi connectivity index (χ0n) is 14.1. The molecule has 2 rings (SSSR count). The van der Waals surface area contributed by atoms with E-state index in [9.17, 15) is 4.79 Å². The van der Waals surface area contributed by atoms with Crippen molar-refractivity contribution in [1.82, 2.24) is 10.6 Å². The van der Waals surface area contributed by atoms with Crippen molar-refractivity contribution in [2.24, 2.45) is 5.92 Å². The zero-order valence-corrected chi connectivity index (χ0v) is 14.1. The Balaban J connectivity index is 1.80. The van der Waals surface area contributed by atoms with Gasteiger partial charge < -0.3 is 20.5 Å². The van der Waals surface area contributed by atoms with Crippen LogP contribution in [0.25, 0.3) is 0 Å². The third-order valence-corrected chi connectivity index (χ3v) is 4.40. The number of carbonyl (C=O) groups is 1. The molecule has 0 aliphatic heterocycles. The lowest BCUT2D eigenvalue weighted by atomic mass is 9.87. The molecule has 0 spiro atoms. The van der Waals surface area contributed by atoms with E-state index in [4.69, 9.17) is 9.84 Å². The Morgan fingerprint density at radius 1 is 1.30 bits per heavy atom. The van der Waals surface area contributed by atoms with E-state index in [1.54, 1.807) is 0 Å². The predicted octanol–water partition coefficient (Wildman–Crippen LogP) is 2.74. The molecule has 128 valence electrons. The highest BCUT2D eigenvalue weighted by Gasteiger charge is 2.21. The Kier molecular flexibility index (Phi) is 6.71. The van der Waals surface area contributed by atoms with Crippen LogP contribution in [0.5, 0.6) is 5.75 Å². The summed E-state index contributed by atoms with van der Waals surface area (Å²) in [6.45, 7) is 5.29. The number of aliphatic hydroxyl groups is 1. The van der Waals surface area contributed by atoms with Gasteiger partial charge in [0.15, 0.2) is 0 Å². The molecule has 1 aromatic carbocycles. The minimum atomic E-state index is -0.138. The maximum atomic E-state index is 12.1. The van der Waals surface area contributed by atoms with E-state index >= 15 is 0 Å². The first-order valence-electron chi connectivity index (χ1n) is 8.50. The van der Waals surface area contributed by atoms with Crippen LogP contribution in [0, 0.1) is 12.8 Å². The normalized spacial score (nSPS) is 20.8. The lowest BCUT2D eigenvalue weighted by Gasteiger charge is -2.28. The molecule has 0 radical (unpaired) electrons. The van der Waals surface area contributed by atoms with Crippen LogP contribution in [0.2, 0.25) is 0 Å². The molecular formula is C18H28N2O3. The molecule has 1 aromatic rings. The highest BCUT2D eigenvalue weighted by molar-refractivity contribution is 5.74. The summed E-state index contributed by atoms with van der Waals surface area (Å²) >= 11 is 0. The van der Waals surface area contributed by atoms with E-state index in [0.717, 1.165) is 42.6 Å². The van der Waals surface area contributed by atoms with Gasteiger partial charge in [0.1, 0.15) is 5.75 Å². The van der Waals surface area contributed by atoms with Gasteiger partial charge in [0.25, 0.3) is 0 Å². The second-order valence-electron chi connectivity index (χ2n) is 6.27. The molecule has 5 nitrogen and oxygen atoms in total. The van der Waals surface area contributed by atoms with Crippen LogP contribution >= 0.6 is 0 Å². The van der Waals surface area contributed by atoms with Crippen LogP contribution < -0.4 is 15.4 Å². The summed E-state index contributed by atoms with van der Waals surface area (Å²) in [7, 11) is 0. The quantitative estimate of drug-likeness (QED) is 0.755. The Morgan fingerprint density at radius 3 is 2.70 bits per heavy atom. The molecule has 0 aromatic heterocycles. The van der Waals surface area contributed by atoms with Gasteiger partial charge in [-0.1, -0.05) is 12.1 Å². The summed E-state index contributed by atoms with van der Waals surface area (Å²) in [6.07, 6.45) is 3.84. The molecule has 3 N–H and O–H groups in total. The number of nitrogens with one attached hydrogen (secondary N) is 2. The molecule has 0 atom stereocenters. The number of aryl methyl sites for hydroxylation is 1. The standard InChI is InChI=1S/C18H28N2O3/c1-3-23-17-10-13(2)4-7-15(17)11-19-18(22)20-16-8-5-14(12-21)6-9-16/h4,7,10,14,16,21H,3,5-6,8-9,11-12H2,1-2H3,(H2,19,20,22). The predicted molar refractivity (Wildman–Crippen MR) is 90.6 cm³/mol. The van der Waals surface area contributed by atoms with Crippen molar-refractivity contribution >= 4 is 6.03 Å². The summed E-state index contributed by atoms with van der Waals surface area (Å²) in [5.41, 5.74) is 2.12. The summed E-state index contributed by atoms with van der Waals surface area (Å²) in [5, 5.41) is 15.1. The Bertz CT molecular complexity index is 511. The smallest absolute Gasteiger partial charge is 0.315 e. The van der Waals surface area contributed by atoms with E-state index in [1.807, 2.05) is 32.0 Å². The number of rotatable bonds is 6. The Hall–Kier alpha value is -1.75. The van der Waals surface area contributed by atoms with Gasteiger partial charge in [-0.15, -0.1) is 0 Å². The number of hydrogen-bond acceptors (Lipinski definition) is 3. The molecule has 0 heterocycles. The summed E-state index contributed by atoms with van der Waals surface area (Å²) < 4.78 is 5.63. The maximum Gasteiger partial charge on any atom is 0.315 e. The average Bonchev–Trinajstić information content (AvgIpc) is 2.55. The van der Waals surface area contributed by atoms with Gasteiger partial charge >= 0.3 is 6.03 Å². The zero-order chi connectivity index (χ0) is 16.7. The first-order valence-corrected chi connectivity index (χ1v) is 8.50. The van der Waals surface area contributed by atoms with E-state index in [1.165, 1.54) is 0 Å². The first-order chi connectivity index (χ1) is 11.1. The minimum absolute atomic E-state index is 0.138. The third kappa shape index (κ3) is 5.43. The van der Waals surface area contributed by atoms with Gasteiger partial charge in [-0.25, -0.2) is 4.79 Å². The van der Waals surface area contributed by atoms with Gasteiger partial charge in [-0.3, -0.25) is 0 Å². The van der Waals surface area contributed by atoms with Crippen LogP contribution in [-0.2, 0) is 6.54 Å². The number of amides is 2. The molecule has 1 aliphatic rings. The van der Waals surface area contributed by atoms with Crippen LogP contribution in [0.15, 0.2) is 18.2 Å². The van der Waals surface area contributed by atoms with Gasteiger partial charge in [-0.2, -0.15) is 0 Å². The first kappa shape index (κ1) is 17.6. The SMILES string of the molecule is CCOc1cc(C)ccc1CNC(=O)NC1CCC(CO)CC1. The van der Waals surface area contributed by atoms with Crippen molar-refractivity contribution in [3.8, 4) is 5.75 Å². The van der Waals surface area contributed by atoms with Crippen molar-refractivity contribution in [2.45, 2.75) is 52.1 Å². The van der Waals surface area contributed by atoms with E-state index in [-0.39, 0.29) is 18.7 Å². The topological polar surface area (TPSA) is 70.6 Å². The number of hydrogen-bond donors (Lipinski definition) is 3. The van der Waals surface area contributed by atoms with Gasteiger partial charge in [-0.05, 0) is 57.1 Å². The van der Waals surface area contributed by atoms with E-state index in [0.29, 0.717) is 19.1 Å². The van der Waals surface area contributed by atoms with Crippen LogP contribution in [0.4, 0.5) is 4.79 Å². The third-order valence-electron chi connectivity index (χ3n) is 4.40. The Morgan fingerprint density at radius 2 is 2.04 bits per heavy atom. The fourth-order valence-electron chi connectivity index (χ4n) is 3.00. The Labute approximate surface area is 138 Å². The monoisotopic (exact) mass is 320 g/mol. The van der Waals surface area contributed by atoms with Gasteiger partial charge in [0, 0.05) is 24.8 Å². The fraction of sp³-hybridized carbons (Fsp3) is 0.611. The molecule has 1 aliphatic carbocycles. The lowest BCUT2D eigenvalue weighted by molar-refractivity contribution is 0.174. The molecular weight excluding hydrogens is 292 g/mol. The number of ether oxygens (including phenoxy) is 1. The van der Waals surface area contributed by atoms with E-state index < -0.39 is 0 Å². The summed E-state index contributed by atoms with van der Waals surface area (Å²) in [5.74, 6) is 1.23. The molecule has 1 saturated carbocycles. The lowest BCUT2D eigenvalue weighted by Crippen LogP contribution is -2.43. The molecule has 2 amide bonds. The summed E-state index contributed by atoms with van der Waals surface area (Å²) in [6, 6.07) is 6.08. The van der Waals surface area contributed by atoms with Gasteiger partial charge in [0.05, 0.1) is 6.61 Å². The second kappa shape index (κ2) is 8.77. The van der Waals surface area contributed by atoms with Gasteiger partial charge in [0.2, 0.25) is 0 Å². The van der Waals surface area contributed by atoms with Crippen LogP contribution in [-0.4, -0.2) is 30.4 Å². The molecule has 0 saturated heterocycles. The van der Waals surface area contributed by atoms with Crippen molar-refractivity contribution in [1.29, 1.82) is 0 Å². The number of urea groups is 1. The number of aliphatic hydroxyl groups excluding tert-OH is 1. The highest BCUT2D eigenvalue weighted by Crippen LogP contribution is 2.24. The van der Waals surface area contributed by atoms with E-state index in [2.05, 4.69) is 10.6 Å². The molecule has 23 heavy (non-hydrogen) atoms. The highest BCUT2D eigenvalue weighted by atomic mass is 16.5. The molecule has 5 heteroatoms. The second-order valence-corrected chi connectivity index (χ2v) is 6.27. The minimum Gasteiger partial charge on any atom is -0.494 e. The molecule has 0 unspecified atom stereocenters. The molecule has 1 fully saturated rings. The average molecular weight is 320 g/mol. The maximum absolute atomic E-state index is 12.1. The fourth-order valence-corrected chi connectivity index (χ4v) is 3.00. The number of carbonyl (C=O) groups excluding carboxylic acids is 1. The van der Waals surface area contributed by atoms with Crippen molar-refractivity contribution in [3.05, 3.63) is 29.3 Å². The van der Waals surface area contributed by atoms with Crippen LogP contribution in [0.1, 0.15) is 43.7 Å². The van der Waals surface area contributed by atoms with Crippen molar-refractivity contribution in [2.75, 3.05) is 13.2 Å². The number of benzene rings is 1. The molecule has 0 bridgehead atoms. The van der Waals surface area contributed by atoms with Crippen LogP contribution in [0.3, 0.4) is 0 Å². The summed E-state index contributed by atoms with van der Waals surface area (Å²) in [4.78, 5) is 12.1. The van der Waals surface area contributed by atoms with Crippen molar-refractivity contribution < 1.29 is 14.6 Å². The van der Waals surface area contributed by atoms with Crippen molar-refractivity contribution in [3.63, 3.8) is 0 Å².